The van der Waals surface area contributed by atoms with Gasteiger partial charge in [-0.3, -0.25) is 10.1 Å². The Kier molecular flexibility index (Phi) is 7.09. The number of carbonyl (C=O) groups excluding carboxylic acids is 1. The number of rotatable bonds is 9. The first kappa shape index (κ1) is 24.1. The van der Waals surface area contributed by atoms with Crippen molar-refractivity contribution >= 4 is 39.0 Å². The Bertz CT molecular complexity index is 1190. The van der Waals surface area contributed by atoms with E-state index in [4.69, 9.17) is 9.47 Å². The Morgan fingerprint density at radius 2 is 1.97 bits per heavy atom. The molecular weight excluding hydrogens is 487 g/mol. The van der Waals surface area contributed by atoms with Crippen LogP contribution in [0.3, 0.4) is 0 Å². The number of aromatic nitrogens is 4. The second kappa shape index (κ2) is 10.6. The summed E-state index contributed by atoms with van der Waals surface area (Å²) in [5.41, 5.74) is 1.38. The molecule has 13 heteroatoms. The van der Waals surface area contributed by atoms with Crippen LogP contribution in [0.5, 0.6) is 5.75 Å². The fourth-order valence-electron chi connectivity index (χ4n) is 4.31. The Morgan fingerprint density at radius 3 is 2.69 bits per heavy atom. The van der Waals surface area contributed by atoms with Crippen LogP contribution in [0.4, 0.5) is 26.2 Å². The van der Waals surface area contributed by atoms with Crippen molar-refractivity contribution in [2.45, 2.75) is 24.7 Å². The average molecular weight is 515 g/mol. The minimum atomic E-state index is -0.906. The summed E-state index contributed by atoms with van der Waals surface area (Å²) in [7, 11) is 3.01. The van der Waals surface area contributed by atoms with Gasteiger partial charge in [-0.1, -0.05) is 11.3 Å². The number of benzene rings is 1. The fraction of sp³-hybridized carbons (Fsp3) is 0.435. The maximum Gasteiger partial charge on any atom is 0.259 e. The van der Waals surface area contributed by atoms with Crippen molar-refractivity contribution in [1.29, 1.82) is 0 Å². The van der Waals surface area contributed by atoms with E-state index in [1.165, 1.54) is 18.4 Å². The number of amides is 1. The summed E-state index contributed by atoms with van der Waals surface area (Å²) in [6.45, 7) is 2.26. The third-order valence-electron chi connectivity index (χ3n) is 6.18. The largest absolute Gasteiger partial charge is 0.497 e. The lowest BCUT2D eigenvalue weighted by molar-refractivity contribution is -0.126. The number of anilines is 4. The van der Waals surface area contributed by atoms with Gasteiger partial charge >= 0.3 is 0 Å². The molecule has 11 nitrogen and oxygen atoms in total. The lowest BCUT2D eigenvalue weighted by Crippen LogP contribution is -2.48. The topological polar surface area (TPSA) is 118 Å². The molecule has 190 valence electrons. The Labute approximate surface area is 211 Å². The molecule has 1 amide bonds. The van der Waals surface area contributed by atoms with Crippen LogP contribution < -0.4 is 25.2 Å². The zero-order valence-corrected chi connectivity index (χ0v) is 20.7. The number of nitrogens with zero attached hydrogens (tertiary/aromatic N) is 6. The van der Waals surface area contributed by atoms with Gasteiger partial charge in [0.2, 0.25) is 10.3 Å². The van der Waals surface area contributed by atoms with E-state index in [0.717, 1.165) is 31.0 Å². The van der Waals surface area contributed by atoms with Crippen molar-refractivity contribution in [3.8, 4) is 5.75 Å². The Morgan fingerprint density at radius 1 is 1.14 bits per heavy atom. The third kappa shape index (κ3) is 5.31. The van der Waals surface area contributed by atoms with E-state index >= 15 is 0 Å². The van der Waals surface area contributed by atoms with Gasteiger partial charge in [0.15, 0.2) is 11.9 Å². The number of nitrogens with one attached hydrogen (secondary N) is 2. The van der Waals surface area contributed by atoms with Crippen LogP contribution in [0.1, 0.15) is 18.1 Å². The molecule has 0 bridgehead atoms. The van der Waals surface area contributed by atoms with Gasteiger partial charge in [0.1, 0.15) is 11.9 Å². The number of hydrogen-bond acceptors (Lipinski definition) is 11. The predicted octanol–water partition coefficient (Wildman–Crippen LogP) is 2.51. The quantitative estimate of drug-likeness (QED) is 0.441. The smallest absolute Gasteiger partial charge is 0.259 e. The molecule has 2 aromatic heterocycles. The SMILES string of the molecule is COc1cc([C@@H](OC)C(=O)Nc2nnc(N[C@@H]3CCN(c4cccnn4)C3)s2)cc(N2CC(F)C2)c1. The number of methoxy groups -OCH3 is 2. The summed E-state index contributed by atoms with van der Waals surface area (Å²) in [6, 6.07) is 9.35. The molecule has 1 aromatic carbocycles. The van der Waals surface area contributed by atoms with Crippen LogP contribution in [0.25, 0.3) is 0 Å². The third-order valence-corrected chi connectivity index (χ3v) is 6.95. The van der Waals surface area contributed by atoms with E-state index in [0.29, 0.717) is 34.7 Å². The molecule has 0 saturated carbocycles. The van der Waals surface area contributed by atoms with Crippen LogP contribution in [-0.2, 0) is 9.53 Å². The van der Waals surface area contributed by atoms with Gasteiger partial charge in [-0.25, -0.2) is 4.39 Å². The van der Waals surface area contributed by atoms with Crippen molar-refractivity contribution in [2.75, 3.05) is 60.8 Å². The van der Waals surface area contributed by atoms with E-state index in [1.807, 2.05) is 29.2 Å². The highest BCUT2D eigenvalue weighted by Crippen LogP contribution is 2.33. The van der Waals surface area contributed by atoms with E-state index in [1.54, 1.807) is 19.4 Å². The van der Waals surface area contributed by atoms with Gasteiger partial charge in [-0.15, -0.1) is 15.3 Å². The first-order valence-electron chi connectivity index (χ1n) is 11.6. The molecule has 2 saturated heterocycles. The van der Waals surface area contributed by atoms with Gasteiger partial charge in [-0.05, 0) is 36.2 Å². The molecule has 0 spiro atoms. The summed E-state index contributed by atoms with van der Waals surface area (Å²) in [5.74, 6) is 1.02. The number of hydrogen-bond donors (Lipinski definition) is 2. The maximum absolute atomic E-state index is 13.4. The van der Waals surface area contributed by atoms with E-state index in [9.17, 15) is 9.18 Å². The van der Waals surface area contributed by atoms with Crippen LogP contribution in [-0.4, -0.2) is 78.9 Å². The summed E-state index contributed by atoms with van der Waals surface area (Å²) in [6.07, 6.45) is 0.820. The molecule has 2 aliphatic rings. The fourth-order valence-corrected chi connectivity index (χ4v) is 5.04. The summed E-state index contributed by atoms with van der Waals surface area (Å²) in [4.78, 5) is 17.1. The van der Waals surface area contributed by atoms with Crippen molar-refractivity contribution in [3.05, 3.63) is 42.1 Å². The highest BCUT2D eigenvalue weighted by Gasteiger charge is 2.29. The molecule has 3 aromatic rings. The normalized spacial score (nSPS) is 18.6. The van der Waals surface area contributed by atoms with E-state index in [2.05, 4.69) is 35.9 Å². The average Bonchev–Trinajstić information content (AvgIpc) is 3.52. The molecule has 0 unspecified atom stereocenters. The van der Waals surface area contributed by atoms with Crippen LogP contribution >= 0.6 is 11.3 Å². The van der Waals surface area contributed by atoms with Crippen LogP contribution in [0, 0.1) is 0 Å². The van der Waals surface area contributed by atoms with Crippen LogP contribution in [0.2, 0.25) is 0 Å². The van der Waals surface area contributed by atoms with Gasteiger partial charge < -0.3 is 24.6 Å². The number of carbonyl (C=O) groups is 1. The molecule has 4 heterocycles. The monoisotopic (exact) mass is 514 g/mol. The summed E-state index contributed by atoms with van der Waals surface area (Å²) >= 11 is 1.25. The molecular formula is C23H27FN8O3S. The van der Waals surface area contributed by atoms with Gasteiger partial charge in [0.05, 0.1) is 20.2 Å². The predicted molar refractivity (Wildman–Crippen MR) is 135 cm³/mol. The van der Waals surface area contributed by atoms with Crippen molar-refractivity contribution < 1.29 is 18.7 Å². The van der Waals surface area contributed by atoms with Crippen molar-refractivity contribution in [2.24, 2.45) is 0 Å². The van der Waals surface area contributed by atoms with E-state index < -0.39 is 12.3 Å². The van der Waals surface area contributed by atoms with Crippen LogP contribution in [0.15, 0.2) is 36.5 Å². The molecule has 5 rings (SSSR count). The highest BCUT2D eigenvalue weighted by atomic mass is 32.1. The van der Waals surface area contributed by atoms with Gasteiger partial charge in [0, 0.05) is 44.2 Å². The minimum Gasteiger partial charge on any atom is -0.497 e. The highest BCUT2D eigenvalue weighted by molar-refractivity contribution is 7.19. The Balaban J connectivity index is 1.21. The zero-order valence-electron chi connectivity index (χ0n) is 19.9. The number of halogens is 1. The zero-order chi connectivity index (χ0) is 25.1. The maximum atomic E-state index is 13.4. The first-order valence-corrected chi connectivity index (χ1v) is 12.4. The van der Waals surface area contributed by atoms with E-state index in [-0.39, 0.29) is 11.9 Å². The minimum absolute atomic E-state index is 0.177. The Hall–Kier alpha value is -3.58. The number of alkyl halides is 1. The van der Waals surface area contributed by atoms with Gasteiger partial charge in [0.25, 0.3) is 5.91 Å². The summed E-state index contributed by atoms with van der Waals surface area (Å²) in [5, 5.41) is 23.5. The summed E-state index contributed by atoms with van der Waals surface area (Å²) < 4.78 is 24.3. The standard InChI is InChI=1S/C23H27FN8O3S/c1-34-18-9-14(8-17(10-18)32-11-15(24)12-32)20(35-2)21(33)27-23-30-29-22(36-23)26-16-5-7-31(13-16)19-4-3-6-25-28-19/h3-4,6,8-10,15-16,20H,5,7,11-13H2,1-2H3,(H,26,29)(H,27,30,33)/t16-,20-/m1/s1. The second-order valence-corrected chi connectivity index (χ2v) is 9.62. The second-order valence-electron chi connectivity index (χ2n) is 8.64. The molecule has 0 aliphatic carbocycles. The molecule has 2 N–H and O–H groups in total. The lowest BCUT2D eigenvalue weighted by Gasteiger charge is -2.37. The molecule has 0 radical (unpaired) electrons. The molecule has 2 aliphatic heterocycles. The van der Waals surface area contributed by atoms with Gasteiger partial charge in [-0.2, -0.15) is 5.10 Å². The molecule has 2 fully saturated rings. The first-order chi connectivity index (χ1) is 17.5. The van der Waals surface area contributed by atoms with Crippen molar-refractivity contribution in [1.82, 2.24) is 20.4 Å². The lowest BCUT2D eigenvalue weighted by atomic mass is 10.0. The molecule has 2 atom stereocenters. The number of ether oxygens (including phenoxy) is 2. The van der Waals surface area contributed by atoms with Crippen molar-refractivity contribution in [3.63, 3.8) is 0 Å². The molecule has 36 heavy (non-hydrogen) atoms.